The highest BCUT2D eigenvalue weighted by Crippen LogP contribution is 2.26. The zero-order chi connectivity index (χ0) is 18.3. The molecule has 1 aromatic carbocycles. The Morgan fingerprint density at radius 2 is 2.00 bits per heavy atom. The van der Waals surface area contributed by atoms with E-state index in [0.29, 0.717) is 21.9 Å². The highest BCUT2D eigenvalue weighted by molar-refractivity contribution is 7.18. The van der Waals surface area contributed by atoms with Crippen LogP contribution in [0.4, 0.5) is 5.69 Å². The molecule has 0 bridgehead atoms. The number of thiophene rings is 1. The number of amides is 1. The summed E-state index contributed by atoms with van der Waals surface area (Å²) in [5.74, 6) is 0.253. The maximum atomic E-state index is 12.8. The predicted octanol–water partition coefficient (Wildman–Crippen LogP) is 3.98. The molecule has 2 aromatic heterocycles. The maximum absolute atomic E-state index is 12.8. The Morgan fingerprint density at radius 1 is 1.28 bits per heavy atom. The number of nitrogens with zero attached hydrogens (tertiary/aromatic N) is 2. The van der Waals surface area contributed by atoms with E-state index in [1.165, 1.54) is 15.9 Å². The van der Waals surface area contributed by atoms with Crippen LogP contribution in [0.2, 0.25) is 5.02 Å². The van der Waals surface area contributed by atoms with E-state index < -0.39 is 0 Å². The molecule has 7 heteroatoms. The van der Waals surface area contributed by atoms with Crippen molar-refractivity contribution in [3.8, 4) is 0 Å². The van der Waals surface area contributed by atoms with Gasteiger partial charge in [-0.1, -0.05) is 11.6 Å². The number of nitrogens with one attached hydrogen (secondary N) is 1. The first kappa shape index (κ1) is 17.6. The van der Waals surface area contributed by atoms with Crippen LogP contribution < -0.4 is 10.9 Å². The zero-order valence-electron chi connectivity index (χ0n) is 14.4. The SMILES string of the molecule is Cc1cc(Cl)ccc1NC(=O)Cn1c(C)nc2sc(C)c(C)c2c1=O. The molecule has 0 saturated carbocycles. The second-order valence-corrected chi connectivity index (χ2v) is 7.66. The number of anilines is 1. The number of fused-ring (bicyclic) bond motifs is 1. The molecule has 0 unspecified atom stereocenters. The van der Waals surface area contributed by atoms with Gasteiger partial charge >= 0.3 is 0 Å². The molecular weight excluding hydrogens is 358 g/mol. The Labute approximate surface area is 154 Å². The van der Waals surface area contributed by atoms with Gasteiger partial charge in [-0.3, -0.25) is 14.2 Å². The standard InChI is InChI=1S/C18H18ClN3O2S/c1-9-7-13(19)5-6-14(9)21-15(23)8-22-12(4)20-17-16(18(22)24)10(2)11(3)25-17/h5-7H,8H2,1-4H3,(H,21,23). The van der Waals surface area contributed by atoms with Crippen LogP contribution in [0.15, 0.2) is 23.0 Å². The Hall–Kier alpha value is -2.18. The molecule has 0 saturated heterocycles. The van der Waals surface area contributed by atoms with E-state index in [9.17, 15) is 9.59 Å². The molecule has 0 atom stereocenters. The highest BCUT2D eigenvalue weighted by Gasteiger charge is 2.16. The van der Waals surface area contributed by atoms with Gasteiger partial charge in [0.1, 0.15) is 17.2 Å². The largest absolute Gasteiger partial charge is 0.324 e. The molecule has 0 aliphatic heterocycles. The van der Waals surface area contributed by atoms with Crippen LogP contribution in [0.25, 0.3) is 10.2 Å². The topological polar surface area (TPSA) is 64.0 Å². The van der Waals surface area contributed by atoms with E-state index in [1.54, 1.807) is 25.1 Å². The number of aryl methyl sites for hydroxylation is 4. The summed E-state index contributed by atoms with van der Waals surface area (Å²) >= 11 is 7.43. The van der Waals surface area contributed by atoms with Crippen LogP contribution in [0, 0.1) is 27.7 Å². The van der Waals surface area contributed by atoms with E-state index in [0.717, 1.165) is 20.8 Å². The fourth-order valence-corrected chi connectivity index (χ4v) is 4.01. The van der Waals surface area contributed by atoms with Crippen molar-refractivity contribution in [3.05, 3.63) is 55.4 Å². The van der Waals surface area contributed by atoms with Crippen molar-refractivity contribution in [2.45, 2.75) is 34.2 Å². The molecule has 1 N–H and O–H groups in total. The minimum absolute atomic E-state index is 0.0794. The Morgan fingerprint density at radius 3 is 2.68 bits per heavy atom. The van der Waals surface area contributed by atoms with Crippen molar-refractivity contribution in [2.75, 3.05) is 5.32 Å². The van der Waals surface area contributed by atoms with E-state index in [2.05, 4.69) is 10.3 Å². The lowest BCUT2D eigenvalue weighted by Crippen LogP contribution is -2.30. The van der Waals surface area contributed by atoms with Crippen LogP contribution in [-0.4, -0.2) is 15.5 Å². The molecule has 25 heavy (non-hydrogen) atoms. The summed E-state index contributed by atoms with van der Waals surface area (Å²) < 4.78 is 1.42. The molecule has 3 rings (SSSR count). The highest BCUT2D eigenvalue weighted by atomic mass is 35.5. The molecule has 0 radical (unpaired) electrons. The van der Waals surface area contributed by atoms with Gasteiger partial charge in [-0.2, -0.15) is 0 Å². The first-order valence-corrected chi connectivity index (χ1v) is 9.00. The third-order valence-corrected chi connectivity index (χ3v) is 5.58. The van der Waals surface area contributed by atoms with Crippen molar-refractivity contribution in [1.29, 1.82) is 0 Å². The summed E-state index contributed by atoms with van der Waals surface area (Å²) in [5.41, 5.74) is 2.30. The molecule has 3 aromatic rings. The smallest absolute Gasteiger partial charge is 0.263 e. The molecule has 2 heterocycles. The number of aromatic nitrogens is 2. The molecule has 0 aliphatic rings. The van der Waals surface area contributed by atoms with E-state index in [-0.39, 0.29) is 18.0 Å². The van der Waals surface area contributed by atoms with Gasteiger partial charge in [-0.15, -0.1) is 11.3 Å². The van der Waals surface area contributed by atoms with Gasteiger partial charge in [0.2, 0.25) is 5.91 Å². The minimum atomic E-state index is -0.277. The summed E-state index contributed by atoms with van der Waals surface area (Å²) in [4.78, 5) is 31.5. The molecule has 0 fully saturated rings. The molecular formula is C18H18ClN3O2S. The van der Waals surface area contributed by atoms with E-state index >= 15 is 0 Å². The van der Waals surface area contributed by atoms with Crippen LogP contribution in [0.3, 0.4) is 0 Å². The van der Waals surface area contributed by atoms with Crippen LogP contribution >= 0.6 is 22.9 Å². The second kappa shape index (κ2) is 6.61. The molecule has 1 amide bonds. The number of hydrogen-bond acceptors (Lipinski definition) is 4. The van der Waals surface area contributed by atoms with Crippen molar-refractivity contribution in [2.24, 2.45) is 0 Å². The fraction of sp³-hybridized carbons (Fsp3) is 0.278. The van der Waals surface area contributed by atoms with Gasteiger partial charge < -0.3 is 5.32 Å². The predicted molar refractivity (Wildman–Crippen MR) is 103 cm³/mol. The number of carbonyl (C=O) groups is 1. The van der Waals surface area contributed by atoms with Crippen molar-refractivity contribution < 1.29 is 4.79 Å². The van der Waals surface area contributed by atoms with E-state index in [1.807, 2.05) is 20.8 Å². The summed E-state index contributed by atoms with van der Waals surface area (Å²) in [6, 6.07) is 5.24. The van der Waals surface area contributed by atoms with Crippen molar-refractivity contribution in [1.82, 2.24) is 9.55 Å². The van der Waals surface area contributed by atoms with Crippen molar-refractivity contribution in [3.63, 3.8) is 0 Å². The lowest BCUT2D eigenvalue weighted by molar-refractivity contribution is -0.116. The van der Waals surface area contributed by atoms with Crippen LogP contribution in [0.5, 0.6) is 0 Å². The third kappa shape index (κ3) is 3.32. The second-order valence-electron chi connectivity index (χ2n) is 6.02. The van der Waals surface area contributed by atoms with Gasteiger partial charge in [0.15, 0.2) is 0 Å². The van der Waals surface area contributed by atoms with Crippen LogP contribution in [0.1, 0.15) is 21.8 Å². The van der Waals surface area contributed by atoms with Crippen molar-refractivity contribution >= 4 is 44.7 Å². The number of rotatable bonds is 3. The van der Waals surface area contributed by atoms with Gasteiger partial charge in [-0.25, -0.2) is 4.98 Å². The Balaban J connectivity index is 1.93. The Kier molecular flexibility index (Phi) is 4.67. The molecule has 5 nitrogen and oxygen atoms in total. The number of carbonyl (C=O) groups excluding carboxylic acids is 1. The van der Waals surface area contributed by atoms with Gasteiger partial charge in [0.25, 0.3) is 5.56 Å². The maximum Gasteiger partial charge on any atom is 0.263 e. The summed E-state index contributed by atoms with van der Waals surface area (Å²) in [6.45, 7) is 7.41. The number of hydrogen-bond donors (Lipinski definition) is 1. The number of benzene rings is 1. The average Bonchev–Trinajstić information content (AvgIpc) is 2.81. The minimum Gasteiger partial charge on any atom is -0.324 e. The van der Waals surface area contributed by atoms with Crippen LogP contribution in [-0.2, 0) is 11.3 Å². The van der Waals surface area contributed by atoms with E-state index in [4.69, 9.17) is 11.6 Å². The lowest BCUT2D eigenvalue weighted by atomic mass is 10.2. The quantitative estimate of drug-likeness (QED) is 0.752. The Bertz CT molecular complexity index is 1050. The first-order valence-electron chi connectivity index (χ1n) is 7.81. The molecule has 130 valence electrons. The monoisotopic (exact) mass is 375 g/mol. The summed E-state index contributed by atoms with van der Waals surface area (Å²) in [5, 5.41) is 4.04. The third-order valence-electron chi connectivity index (χ3n) is 4.24. The summed E-state index contributed by atoms with van der Waals surface area (Å²) in [7, 11) is 0. The van der Waals surface area contributed by atoms with Gasteiger partial charge in [0.05, 0.1) is 5.39 Å². The van der Waals surface area contributed by atoms with Gasteiger partial charge in [0, 0.05) is 15.6 Å². The fourth-order valence-electron chi connectivity index (χ4n) is 2.72. The zero-order valence-corrected chi connectivity index (χ0v) is 16.0. The normalized spacial score (nSPS) is 11.1. The average molecular weight is 376 g/mol. The lowest BCUT2D eigenvalue weighted by Gasteiger charge is -2.12. The number of halogens is 1. The molecule has 0 aliphatic carbocycles. The first-order chi connectivity index (χ1) is 11.8. The summed E-state index contributed by atoms with van der Waals surface area (Å²) in [6.07, 6.45) is 0. The van der Waals surface area contributed by atoms with Gasteiger partial charge in [-0.05, 0) is 57.0 Å². The molecule has 0 spiro atoms.